The number of hydrogen-bond donors (Lipinski definition) is 1. The molecule has 2 heterocycles. The van der Waals surface area contributed by atoms with Gasteiger partial charge in [-0.3, -0.25) is 0 Å². The predicted molar refractivity (Wildman–Crippen MR) is 85.1 cm³/mol. The summed E-state index contributed by atoms with van der Waals surface area (Å²) in [5.74, 6) is 3.97. The van der Waals surface area contributed by atoms with Crippen LogP contribution in [0.3, 0.4) is 0 Å². The zero-order valence-corrected chi connectivity index (χ0v) is 13.8. The van der Waals surface area contributed by atoms with Gasteiger partial charge in [-0.05, 0) is 44.4 Å². The monoisotopic (exact) mass is 290 g/mol. The summed E-state index contributed by atoms with van der Waals surface area (Å²) in [4.78, 5) is 0. The molecule has 4 unspecified atom stereocenters. The van der Waals surface area contributed by atoms with Crippen LogP contribution < -0.4 is 5.32 Å². The molecule has 4 nitrogen and oxygen atoms in total. The van der Waals surface area contributed by atoms with Gasteiger partial charge in [-0.1, -0.05) is 26.7 Å². The van der Waals surface area contributed by atoms with Gasteiger partial charge in [0.1, 0.15) is 11.6 Å². The van der Waals surface area contributed by atoms with E-state index < -0.39 is 0 Å². The van der Waals surface area contributed by atoms with E-state index in [1.165, 1.54) is 44.3 Å². The third-order valence-electron chi connectivity index (χ3n) is 5.45. The van der Waals surface area contributed by atoms with Gasteiger partial charge in [0.15, 0.2) is 0 Å². The molecule has 4 atom stereocenters. The highest BCUT2D eigenvalue weighted by molar-refractivity contribution is 5.03. The van der Waals surface area contributed by atoms with Crippen LogP contribution in [0.1, 0.15) is 77.0 Å². The van der Waals surface area contributed by atoms with Gasteiger partial charge in [-0.2, -0.15) is 0 Å². The fourth-order valence-electron chi connectivity index (χ4n) is 3.99. The predicted octanol–water partition coefficient (Wildman–Crippen LogP) is 3.48. The summed E-state index contributed by atoms with van der Waals surface area (Å²) >= 11 is 0. The minimum atomic E-state index is 0.307. The molecule has 21 heavy (non-hydrogen) atoms. The number of rotatable bonds is 3. The van der Waals surface area contributed by atoms with Crippen molar-refractivity contribution in [1.82, 2.24) is 20.1 Å². The number of hydrogen-bond acceptors (Lipinski definition) is 3. The Balaban J connectivity index is 1.70. The zero-order chi connectivity index (χ0) is 14.8. The lowest BCUT2D eigenvalue weighted by Gasteiger charge is -2.35. The lowest BCUT2D eigenvalue weighted by molar-refractivity contribution is 0.213. The minimum Gasteiger partial charge on any atom is -0.314 e. The maximum atomic E-state index is 4.50. The van der Waals surface area contributed by atoms with Crippen LogP contribution in [0.25, 0.3) is 0 Å². The van der Waals surface area contributed by atoms with E-state index in [4.69, 9.17) is 0 Å². The highest BCUT2D eigenvalue weighted by Gasteiger charge is 2.28. The number of fused-ring (bicyclic) bond motifs is 1. The Morgan fingerprint density at radius 3 is 2.86 bits per heavy atom. The normalized spacial score (nSPS) is 31.5. The largest absolute Gasteiger partial charge is 0.314 e. The van der Waals surface area contributed by atoms with Gasteiger partial charge in [0, 0.05) is 19.0 Å². The Labute approximate surface area is 128 Å². The minimum absolute atomic E-state index is 0.307. The number of aromatic nitrogens is 3. The highest BCUT2D eigenvalue weighted by atomic mass is 15.3. The molecule has 0 bridgehead atoms. The summed E-state index contributed by atoms with van der Waals surface area (Å²) < 4.78 is 2.38. The Morgan fingerprint density at radius 1 is 1.14 bits per heavy atom. The molecule has 1 aromatic rings. The quantitative estimate of drug-likeness (QED) is 0.926. The van der Waals surface area contributed by atoms with Crippen molar-refractivity contribution in [3.05, 3.63) is 11.6 Å². The molecule has 1 saturated carbocycles. The molecule has 0 saturated heterocycles. The van der Waals surface area contributed by atoms with Crippen LogP contribution in [0.4, 0.5) is 0 Å². The van der Waals surface area contributed by atoms with E-state index in [0.29, 0.717) is 12.1 Å². The molecule has 0 aromatic carbocycles. The Bertz CT molecular complexity index is 467. The molecular formula is C17H30N4. The summed E-state index contributed by atoms with van der Waals surface area (Å²) in [5, 5.41) is 12.8. The first-order valence-corrected chi connectivity index (χ1v) is 8.83. The first-order valence-electron chi connectivity index (χ1n) is 8.83. The second kappa shape index (κ2) is 6.47. The van der Waals surface area contributed by atoms with Gasteiger partial charge >= 0.3 is 0 Å². The number of nitrogens with zero attached hydrogens (tertiary/aromatic N) is 3. The SMILES string of the molecule is CC1CCC(C)C(NC(C)c2nnc3n2CCCCC3)C1. The van der Waals surface area contributed by atoms with Gasteiger partial charge in [0.05, 0.1) is 6.04 Å². The lowest BCUT2D eigenvalue weighted by atomic mass is 9.80. The second-order valence-corrected chi connectivity index (χ2v) is 7.33. The fourth-order valence-corrected chi connectivity index (χ4v) is 3.99. The summed E-state index contributed by atoms with van der Waals surface area (Å²) in [7, 11) is 0. The van der Waals surface area contributed by atoms with Crippen molar-refractivity contribution in [3.8, 4) is 0 Å². The van der Waals surface area contributed by atoms with E-state index in [1.807, 2.05) is 0 Å². The number of aryl methyl sites for hydroxylation is 1. The molecule has 0 radical (unpaired) electrons. The third-order valence-corrected chi connectivity index (χ3v) is 5.45. The van der Waals surface area contributed by atoms with Crippen molar-refractivity contribution < 1.29 is 0 Å². The van der Waals surface area contributed by atoms with E-state index in [-0.39, 0.29) is 0 Å². The summed E-state index contributed by atoms with van der Waals surface area (Å²) in [6.07, 6.45) is 8.97. The topological polar surface area (TPSA) is 42.7 Å². The highest BCUT2D eigenvalue weighted by Crippen LogP contribution is 2.30. The molecule has 3 rings (SSSR count). The van der Waals surface area contributed by atoms with Crippen LogP contribution in [-0.2, 0) is 13.0 Å². The maximum absolute atomic E-state index is 4.50. The molecule has 1 aliphatic heterocycles. The van der Waals surface area contributed by atoms with Gasteiger partial charge in [0.2, 0.25) is 0 Å². The van der Waals surface area contributed by atoms with Gasteiger partial charge in [-0.15, -0.1) is 10.2 Å². The molecule has 1 fully saturated rings. The second-order valence-electron chi connectivity index (χ2n) is 7.33. The van der Waals surface area contributed by atoms with Crippen molar-refractivity contribution in [2.75, 3.05) is 0 Å². The van der Waals surface area contributed by atoms with Gasteiger partial charge in [0.25, 0.3) is 0 Å². The molecular weight excluding hydrogens is 260 g/mol. The molecule has 2 aliphatic rings. The van der Waals surface area contributed by atoms with E-state index in [0.717, 1.165) is 30.6 Å². The van der Waals surface area contributed by atoms with Crippen molar-refractivity contribution in [2.45, 2.75) is 84.3 Å². The first-order chi connectivity index (χ1) is 10.1. The van der Waals surface area contributed by atoms with Crippen LogP contribution in [0, 0.1) is 11.8 Å². The zero-order valence-electron chi connectivity index (χ0n) is 13.8. The molecule has 1 aromatic heterocycles. The van der Waals surface area contributed by atoms with Crippen molar-refractivity contribution >= 4 is 0 Å². The molecule has 1 N–H and O–H groups in total. The van der Waals surface area contributed by atoms with Crippen molar-refractivity contribution in [2.24, 2.45) is 11.8 Å². The molecule has 4 heteroatoms. The fraction of sp³-hybridized carbons (Fsp3) is 0.882. The van der Waals surface area contributed by atoms with Crippen molar-refractivity contribution in [1.29, 1.82) is 0 Å². The van der Waals surface area contributed by atoms with E-state index >= 15 is 0 Å². The summed E-state index contributed by atoms with van der Waals surface area (Å²) in [6, 6.07) is 0.935. The molecule has 118 valence electrons. The first kappa shape index (κ1) is 15.0. The summed E-state index contributed by atoms with van der Waals surface area (Å²) in [6.45, 7) is 8.13. The average molecular weight is 290 g/mol. The van der Waals surface area contributed by atoms with E-state index in [2.05, 4.69) is 40.9 Å². The van der Waals surface area contributed by atoms with Crippen LogP contribution in [0.5, 0.6) is 0 Å². The van der Waals surface area contributed by atoms with E-state index in [1.54, 1.807) is 0 Å². The van der Waals surface area contributed by atoms with Gasteiger partial charge < -0.3 is 9.88 Å². The lowest BCUT2D eigenvalue weighted by Crippen LogP contribution is -2.41. The molecule has 1 aliphatic carbocycles. The summed E-state index contributed by atoms with van der Waals surface area (Å²) in [5.41, 5.74) is 0. The smallest absolute Gasteiger partial charge is 0.149 e. The van der Waals surface area contributed by atoms with Crippen LogP contribution >= 0.6 is 0 Å². The average Bonchev–Trinajstić information content (AvgIpc) is 2.72. The van der Waals surface area contributed by atoms with Crippen LogP contribution in [0.15, 0.2) is 0 Å². The Hall–Kier alpha value is -0.900. The Kier molecular flexibility index (Phi) is 4.63. The Morgan fingerprint density at radius 2 is 2.00 bits per heavy atom. The van der Waals surface area contributed by atoms with Crippen LogP contribution in [-0.4, -0.2) is 20.8 Å². The molecule has 0 spiro atoms. The standard InChI is InChI=1S/C17H30N4/c1-12-8-9-13(2)15(11-12)18-14(3)17-20-19-16-7-5-4-6-10-21(16)17/h12-15,18H,4-11H2,1-3H3. The van der Waals surface area contributed by atoms with Gasteiger partial charge in [-0.25, -0.2) is 0 Å². The maximum Gasteiger partial charge on any atom is 0.149 e. The third kappa shape index (κ3) is 3.31. The molecule has 0 amide bonds. The van der Waals surface area contributed by atoms with Crippen molar-refractivity contribution in [3.63, 3.8) is 0 Å². The van der Waals surface area contributed by atoms with Crippen LogP contribution in [0.2, 0.25) is 0 Å². The van der Waals surface area contributed by atoms with E-state index in [9.17, 15) is 0 Å². The number of nitrogens with one attached hydrogen (secondary N) is 1.